The number of epoxide rings is 2. The Hall–Kier alpha value is -0.380. The van der Waals surface area contributed by atoms with Gasteiger partial charge in [-0.2, -0.15) is 0 Å². The molecular formula is C23H44O3. The van der Waals surface area contributed by atoms with E-state index in [2.05, 4.69) is 13.5 Å². The number of ether oxygens (including phenoxy) is 3. The Morgan fingerprint density at radius 3 is 1.46 bits per heavy atom. The smallest absolute Gasteiger partial charge is 0.104 e. The van der Waals surface area contributed by atoms with Crippen LogP contribution in [0.1, 0.15) is 96.8 Å². The molecule has 2 aliphatic heterocycles. The van der Waals surface area contributed by atoms with Gasteiger partial charge in [0, 0.05) is 0 Å². The first-order valence-electron chi connectivity index (χ1n) is 11.3. The second-order valence-electron chi connectivity index (χ2n) is 7.77. The van der Waals surface area contributed by atoms with E-state index in [0.717, 1.165) is 26.4 Å². The van der Waals surface area contributed by atoms with E-state index in [0.29, 0.717) is 12.2 Å². The van der Waals surface area contributed by atoms with Gasteiger partial charge >= 0.3 is 0 Å². The van der Waals surface area contributed by atoms with Crippen molar-refractivity contribution in [1.29, 1.82) is 0 Å². The minimum Gasteiger partial charge on any atom is -0.376 e. The molecule has 2 heterocycles. The molecule has 2 rings (SSSR count). The Morgan fingerprint density at radius 2 is 1.12 bits per heavy atom. The summed E-state index contributed by atoms with van der Waals surface area (Å²) in [4.78, 5) is 0. The topological polar surface area (TPSA) is 34.3 Å². The molecule has 0 bridgehead atoms. The van der Waals surface area contributed by atoms with Crippen molar-refractivity contribution in [3.63, 3.8) is 0 Å². The number of unbranched alkanes of at least 4 members (excludes halogenated alkanes) is 13. The van der Waals surface area contributed by atoms with Crippen molar-refractivity contribution < 1.29 is 14.2 Å². The van der Waals surface area contributed by atoms with Gasteiger partial charge in [-0.05, 0) is 12.8 Å². The Morgan fingerprint density at radius 1 is 0.731 bits per heavy atom. The average molecular weight is 369 g/mol. The minimum atomic E-state index is 0.392. The molecule has 0 N–H and O–H groups in total. The van der Waals surface area contributed by atoms with Crippen LogP contribution in [0.5, 0.6) is 0 Å². The molecule has 3 heteroatoms. The molecule has 0 aromatic rings. The van der Waals surface area contributed by atoms with E-state index in [4.69, 9.17) is 14.2 Å². The van der Waals surface area contributed by atoms with Gasteiger partial charge in [-0.25, -0.2) is 0 Å². The molecule has 2 aliphatic rings. The molecule has 2 saturated heterocycles. The second kappa shape index (κ2) is 18.0. The van der Waals surface area contributed by atoms with Gasteiger partial charge < -0.3 is 14.2 Å². The number of hydrogen-bond donors (Lipinski definition) is 0. The van der Waals surface area contributed by atoms with Crippen LogP contribution in [0.3, 0.4) is 0 Å². The van der Waals surface area contributed by atoms with Crippen molar-refractivity contribution in [1.82, 2.24) is 0 Å². The summed E-state index contributed by atoms with van der Waals surface area (Å²) in [5, 5.41) is 0. The highest BCUT2D eigenvalue weighted by Crippen LogP contribution is 2.13. The first-order chi connectivity index (χ1) is 12.9. The third-order valence-corrected chi connectivity index (χ3v) is 4.92. The van der Waals surface area contributed by atoms with Crippen LogP contribution in [0, 0.1) is 0 Å². The van der Waals surface area contributed by atoms with Crippen LogP contribution in [0.15, 0.2) is 12.7 Å². The molecule has 0 aromatic heterocycles. The quantitative estimate of drug-likeness (QED) is 0.158. The summed E-state index contributed by atoms with van der Waals surface area (Å²) >= 11 is 0. The lowest BCUT2D eigenvalue weighted by Crippen LogP contribution is -2.06. The van der Waals surface area contributed by atoms with Gasteiger partial charge in [-0.15, -0.1) is 6.58 Å². The van der Waals surface area contributed by atoms with Gasteiger partial charge in [0.15, 0.2) is 0 Å². The van der Waals surface area contributed by atoms with E-state index in [9.17, 15) is 0 Å². The van der Waals surface area contributed by atoms with Crippen molar-refractivity contribution in [2.75, 3.05) is 26.4 Å². The maximum atomic E-state index is 5.23. The molecular weight excluding hydrogens is 324 g/mol. The van der Waals surface area contributed by atoms with Crippen molar-refractivity contribution in [3.05, 3.63) is 12.7 Å². The lowest BCUT2D eigenvalue weighted by atomic mass is 10.0. The summed E-state index contributed by atoms with van der Waals surface area (Å²) in [6.07, 6.45) is 22.7. The zero-order valence-corrected chi connectivity index (χ0v) is 17.4. The van der Waals surface area contributed by atoms with Gasteiger partial charge in [0.05, 0.1) is 26.4 Å². The van der Waals surface area contributed by atoms with E-state index in [1.807, 2.05) is 6.08 Å². The summed E-state index contributed by atoms with van der Waals surface area (Å²) in [6, 6.07) is 0. The SMILES string of the molecule is C(OCC1CO1)C1CO1.C=CCCCCCCCCCCCCCCC. The van der Waals surface area contributed by atoms with E-state index >= 15 is 0 Å². The van der Waals surface area contributed by atoms with Crippen molar-refractivity contribution in [2.45, 2.75) is 109 Å². The second-order valence-corrected chi connectivity index (χ2v) is 7.77. The molecule has 2 fully saturated rings. The Balaban J connectivity index is 0.000000308. The van der Waals surface area contributed by atoms with Crippen LogP contribution in [-0.4, -0.2) is 38.6 Å². The molecule has 26 heavy (non-hydrogen) atoms. The molecule has 2 unspecified atom stereocenters. The largest absolute Gasteiger partial charge is 0.376 e. The molecule has 3 nitrogen and oxygen atoms in total. The van der Waals surface area contributed by atoms with Gasteiger partial charge in [0.1, 0.15) is 12.2 Å². The fraction of sp³-hybridized carbons (Fsp3) is 0.913. The maximum Gasteiger partial charge on any atom is 0.104 e. The van der Waals surface area contributed by atoms with Crippen LogP contribution in [-0.2, 0) is 14.2 Å². The Labute approximate surface area is 162 Å². The van der Waals surface area contributed by atoms with Gasteiger partial charge in [-0.3, -0.25) is 0 Å². The molecule has 154 valence electrons. The zero-order chi connectivity index (χ0) is 18.7. The minimum absolute atomic E-state index is 0.392. The molecule has 0 saturated carbocycles. The highest BCUT2D eigenvalue weighted by Gasteiger charge is 2.26. The van der Waals surface area contributed by atoms with Crippen molar-refractivity contribution in [2.24, 2.45) is 0 Å². The highest BCUT2D eigenvalue weighted by molar-refractivity contribution is 4.71. The Kier molecular flexibility index (Phi) is 16.4. The molecule has 0 aliphatic carbocycles. The number of allylic oxidation sites excluding steroid dienone is 1. The van der Waals surface area contributed by atoms with Gasteiger partial charge in [-0.1, -0.05) is 90.0 Å². The van der Waals surface area contributed by atoms with Crippen LogP contribution in [0.4, 0.5) is 0 Å². The van der Waals surface area contributed by atoms with Crippen LogP contribution in [0.2, 0.25) is 0 Å². The lowest BCUT2D eigenvalue weighted by molar-refractivity contribution is 0.102. The predicted octanol–water partition coefficient (Wildman–Crippen LogP) is 6.45. The third kappa shape index (κ3) is 18.4. The van der Waals surface area contributed by atoms with Crippen LogP contribution >= 0.6 is 0 Å². The zero-order valence-electron chi connectivity index (χ0n) is 17.4. The third-order valence-electron chi connectivity index (χ3n) is 4.92. The van der Waals surface area contributed by atoms with Gasteiger partial charge in [0.25, 0.3) is 0 Å². The summed E-state index contributed by atoms with van der Waals surface area (Å²) in [7, 11) is 0. The fourth-order valence-corrected chi connectivity index (χ4v) is 2.97. The van der Waals surface area contributed by atoms with E-state index < -0.39 is 0 Å². The van der Waals surface area contributed by atoms with Crippen LogP contribution < -0.4 is 0 Å². The average Bonchev–Trinajstić information content (AvgIpc) is 3.55. The molecule has 0 radical (unpaired) electrons. The molecule has 0 aromatic carbocycles. The standard InChI is InChI=1S/C17H34.C6H10O3/c1-3-5-7-9-11-13-15-17-16-14-12-10-8-6-4-2;1(5-3-8-5)7-2-6-4-9-6/h3H,1,4-17H2,2H3;5-6H,1-4H2. The van der Waals surface area contributed by atoms with Crippen LogP contribution in [0.25, 0.3) is 0 Å². The fourth-order valence-electron chi connectivity index (χ4n) is 2.97. The van der Waals surface area contributed by atoms with Crippen molar-refractivity contribution in [3.8, 4) is 0 Å². The summed E-state index contributed by atoms with van der Waals surface area (Å²) in [5.41, 5.74) is 0. The molecule has 0 amide bonds. The highest BCUT2D eigenvalue weighted by atomic mass is 16.6. The Bertz CT molecular complexity index is 286. The first kappa shape index (κ1) is 23.7. The van der Waals surface area contributed by atoms with E-state index in [1.54, 1.807) is 0 Å². The van der Waals surface area contributed by atoms with E-state index in [1.165, 1.54) is 89.9 Å². The monoisotopic (exact) mass is 368 g/mol. The first-order valence-corrected chi connectivity index (χ1v) is 11.3. The van der Waals surface area contributed by atoms with Gasteiger partial charge in [0.2, 0.25) is 0 Å². The summed E-state index contributed by atoms with van der Waals surface area (Å²) in [6.45, 7) is 9.30. The number of rotatable bonds is 18. The predicted molar refractivity (Wildman–Crippen MR) is 111 cm³/mol. The lowest BCUT2D eigenvalue weighted by Gasteiger charge is -2.02. The van der Waals surface area contributed by atoms with E-state index in [-0.39, 0.29) is 0 Å². The normalized spacial score (nSPS) is 20.3. The molecule has 2 atom stereocenters. The summed E-state index contributed by atoms with van der Waals surface area (Å²) < 4.78 is 15.1. The maximum absolute atomic E-state index is 5.23. The molecule has 0 spiro atoms. The number of hydrogen-bond acceptors (Lipinski definition) is 3. The summed E-state index contributed by atoms with van der Waals surface area (Å²) in [5.74, 6) is 0. The van der Waals surface area contributed by atoms with Crippen molar-refractivity contribution >= 4 is 0 Å².